The van der Waals surface area contributed by atoms with E-state index in [1.807, 2.05) is 0 Å². The first-order valence-electron chi connectivity index (χ1n) is 7.60. The summed E-state index contributed by atoms with van der Waals surface area (Å²) in [7, 11) is 0. The van der Waals surface area contributed by atoms with E-state index in [-0.39, 0.29) is 18.1 Å². The highest BCUT2D eigenvalue weighted by Crippen LogP contribution is 2.24. The second kappa shape index (κ2) is 6.87. The average Bonchev–Trinajstić information content (AvgIpc) is 2.91. The Morgan fingerprint density at radius 2 is 2.09 bits per heavy atom. The van der Waals surface area contributed by atoms with E-state index in [2.05, 4.69) is 0 Å². The third-order valence-corrected chi connectivity index (χ3v) is 4.04. The van der Waals surface area contributed by atoms with Crippen molar-refractivity contribution in [3.05, 3.63) is 34.6 Å². The molecule has 1 aromatic carbocycles. The predicted molar refractivity (Wildman–Crippen MR) is 86.0 cm³/mol. The number of amides is 1. The van der Waals surface area contributed by atoms with Crippen LogP contribution < -0.4 is 0 Å². The van der Waals surface area contributed by atoms with Crippen LogP contribution in [0.3, 0.4) is 0 Å². The van der Waals surface area contributed by atoms with Crippen molar-refractivity contribution in [2.24, 2.45) is 5.92 Å². The average molecular weight is 342 g/mol. The molecule has 1 atom stereocenters. The van der Waals surface area contributed by atoms with Crippen LogP contribution in [0, 0.1) is 11.7 Å². The molecule has 2 rings (SSSR count). The van der Waals surface area contributed by atoms with Gasteiger partial charge in [-0.05, 0) is 51.0 Å². The number of rotatable bonds is 3. The molecule has 1 aliphatic heterocycles. The molecule has 1 fully saturated rings. The van der Waals surface area contributed by atoms with E-state index in [9.17, 15) is 14.0 Å². The number of hydrogen-bond donors (Lipinski definition) is 0. The van der Waals surface area contributed by atoms with Gasteiger partial charge in [-0.15, -0.1) is 0 Å². The predicted octanol–water partition coefficient (Wildman–Crippen LogP) is 3.85. The van der Waals surface area contributed by atoms with Crippen molar-refractivity contribution in [1.29, 1.82) is 0 Å². The SMILES string of the molecule is CC(C)(C)OC(=O)N1CCC(C(=O)Cc2cc(F)ccc2Cl)C1. The van der Waals surface area contributed by atoms with Crippen molar-refractivity contribution in [3.8, 4) is 0 Å². The van der Waals surface area contributed by atoms with E-state index in [1.54, 1.807) is 25.7 Å². The summed E-state index contributed by atoms with van der Waals surface area (Å²) in [4.78, 5) is 25.9. The van der Waals surface area contributed by atoms with Crippen LogP contribution in [0.2, 0.25) is 5.02 Å². The number of Topliss-reactive ketones (excluding diaryl/α,β-unsaturated/α-hetero) is 1. The first-order chi connectivity index (χ1) is 10.7. The quantitative estimate of drug-likeness (QED) is 0.839. The van der Waals surface area contributed by atoms with Crippen LogP contribution in [0.15, 0.2) is 18.2 Å². The molecule has 6 heteroatoms. The first-order valence-corrected chi connectivity index (χ1v) is 7.98. The van der Waals surface area contributed by atoms with Crippen molar-refractivity contribution >= 4 is 23.5 Å². The summed E-state index contributed by atoms with van der Waals surface area (Å²) in [6.07, 6.45) is 0.255. The Morgan fingerprint density at radius 3 is 2.74 bits per heavy atom. The monoisotopic (exact) mass is 341 g/mol. The van der Waals surface area contributed by atoms with Gasteiger partial charge in [-0.2, -0.15) is 0 Å². The summed E-state index contributed by atoms with van der Waals surface area (Å²) in [6, 6.07) is 3.98. The standard InChI is InChI=1S/C17H21ClFNO3/c1-17(2,3)23-16(22)20-7-6-11(10-20)15(21)9-12-8-13(19)4-5-14(12)18/h4-5,8,11H,6-7,9-10H2,1-3H3. The molecule has 1 heterocycles. The Hall–Kier alpha value is -1.62. The van der Waals surface area contributed by atoms with Crippen molar-refractivity contribution in [1.82, 2.24) is 4.90 Å². The number of carbonyl (C=O) groups excluding carboxylic acids is 2. The van der Waals surface area contributed by atoms with Gasteiger partial charge in [0.15, 0.2) is 0 Å². The molecular formula is C17H21ClFNO3. The summed E-state index contributed by atoms with van der Waals surface area (Å²) in [5, 5.41) is 0.377. The number of nitrogens with zero attached hydrogens (tertiary/aromatic N) is 1. The smallest absolute Gasteiger partial charge is 0.410 e. The summed E-state index contributed by atoms with van der Waals surface area (Å²) >= 11 is 6.00. The molecule has 0 aliphatic carbocycles. The van der Waals surface area contributed by atoms with Crippen LogP contribution in [0.25, 0.3) is 0 Å². The molecule has 23 heavy (non-hydrogen) atoms. The molecule has 0 spiro atoms. The van der Waals surface area contributed by atoms with Gasteiger partial charge in [0.2, 0.25) is 0 Å². The van der Waals surface area contributed by atoms with E-state index in [0.717, 1.165) is 0 Å². The molecule has 0 bridgehead atoms. The minimum Gasteiger partial charge on any atom is -0.444 e. The van der Waals surface area contributed by atoms with Crippen molar-refractivity contribution < 1.29 is 18.7 Å². The maximum Gasteiger partial charge on any atom is 0.410 e. The fourth-order valence-electron chi connectivity index (χ4n) is 2.53. The number of halogens is 2. The molecule has 1 amide bonds. The molecule has 1 aromatic rings. The maximum atomic E-state index is 13.3. The number of hydrogen-bond acceptors (Lipinski definition) is 3. The van der Waals surface area contributed by atoms with E-state index >= 15 is 0 Å². The highest BCUT2D eigenvalue weighted by atomic mass is 35.5. The molecule has 0 aromatic heterocycles. The third kappa shape index (κ3) is 4.93. The van der Waals surface area contributed by atoms with Gasteiger partial charge in [0.25, 0.3) is 0 Å². The topological polar surface area (TPSA) is 46.6 Å². The largest absolute Gasteiger partial charge is 0.444 e. The van der Waals surface area contributed by atoms with Crippen LogP contribution >= 0.6 is 11.6 Å². The maximum absolute atomic E-state index is 13.3. The van der Waals surface area contributed by atoms with Gasteiger partial charge >= 0.3 is 6.09 Å². The number of benzene rings is 1. The van der Waals surface area contributed by atoms with Gasteiger partial charge in [0, 0.05) is 30.5 Å². The van der Waals surface area contributed by atoms with Gasteiger partial charge in [-0.25, -0.2) is 9.18 Å². The zero-order valence-electron chi connectivity index (χ0n) is 13.6. The third-order valence-electron chi connectivity index (χ3n) is 3.67. The van der Waals surface area contributed by atoms with Crippen LogP contribution in [0.4, 0.5) is 9.18 Å². The lowest BCUT2D eigenvalue weighted by Crippen LogP contribution is -2.36. The second-order valence-electron chi connectivity index (χ2n) is 6.79. The second-order valence-corrected chi connectivity index (χ2v) is 7.20. The van der Waals surface area contributed by atoms with Crippen LogP contribution in [0.1, 0.15) is 32.8 Å². The van der Waals surface area contributed by atoms with E-state index in [0.29, 0.717) is 30.1 Å². The van der Waals surface area contributed by atoms with Crippen LogP contribution in [-0.4, -0.2) is 35.5 Å². The van der Waals surface area contributed by atoms with Gasteiger partial charge in [-0.1, -0.05) is 11.6 Å². The molecule has 4 nitrogen and oxygen atoms in total. The molecule has 1 saturated heterocycles. The number of ether oxygens (including phenoxy) is 1. The lowest BCUT2D eigenvalue weighted by molar-refractivity contribution is -0.121. The van der Waals surface area contributed by atoms with Gasteiger partial charge in [-0.3, -0.25) is 4.79 Å². The lowest BCUT2D eigenvalue weighted by atomic mass is 9.97. The molecular weight excluding hydrogens is 321 g/mol. The Bertz CT molecular complexity index is 612. The minimum atomic E-state index is -0.561. The summed E-state index contributed by atoms with van der Waals surface area (Å²) < 4.78 is 18.6. The summed E-state index contributed by atoms with van der Waals surface area (Å²) in [5.74, 6) is -0.718. The molecule has 1 aliphatic rings. The van der Waals surface area contributed by atoms with Gasteiger partial charge in [0.1, 0.15) is 17.2 Å². The van der Waals surface area contributed by atoms with Crippen molar-refractivity contribution in [2.45, 2.75) is 39.2 Å². The molecule has 1 unspecified atom stereocenters. The summed E-state index contributed by atoms with van der Waals surface area (Å²) in [5.41, 5.74) is -0.0822. The molecule has 126 valence electrons. The highest BCUT2D eigenvalue weighted by molar-refractivity contribution is 6.31. The van der Waals surface area contributed by atoms with Crippen LogP contribution in [0.5, 0.6) is 0 Å². The number of ketones is 1. The van der Waals surface area contributed by atoms with E-state index < -0.39 is 17.5 Å². The molecule has 0 radical (unpaired) electrons. The summed E-state index contributed by atoms with van der Waals surface area (Å²) in [6.45, 7) is 6.23. The van der Waals surface area contributed by atoms with Gasteiger partial charge in [0.05, 0.1) is 0 Å². The normalized spacial score (nSPS) is 18.1. The fraction of sp³-hybridized carbons (Fsp3) is 0.529. The highest BCUT2D eigenvalue weighted by Gasteiger charge is 2.33. The number of carbonyl (C=O) groups is 2. The van der Waals surface area contributed by atoms with E-state index in [4.69, 9.17) is 16.3 Å². The Balaban J connectivity index is 1.95. The minimum absolute atomic E-state index is 0.0384. The fourth-order valence-corrected chi connectivity index (χ4v) is 2.71. The zero-order valence-corrected chi connectivity index (χ0v) is 14.3. The van der Waals surface area contributed by atoms with Gasteiger partial charge < -0.3 is 9.64 Å². The number of likely N-dealkylation sites (tertiary alicyclic amines) is 1. The Morgan fingerprint density at radius 1 is 1.39 bits per heavy atom. The van der Waals surface area contributed by atoms with Crippen molar-refractivity contribution in [2.75, 3.05) is 13.1 Å². The first kappa shape index (κ1) is 17.7. The Kier molecular flexibility index (Phi) is 5.30. The van der Waals surface area contributed by atoms with Crippen molar-refractivity contribution in [3.63, 3.8) is 0 Å². The molecule has 0 saturated carbocycles. The van der Waals surface area contributed by atoms with E-state index in [1.165, 1.54) is 18.2 Å². The van der Waals surface area contributed by atoms with Crippen LogP contribution in [-0.2, 0) is 16.0 Å². The lowest BCUT2D eigenvalue weighted by Gasteiger charge is -2.24. The molecule has 0 N–H and O–H groups in total. The zero-order chi connectivity index (χ0) is 17.2. The Labute approximate surface area is 140 Å².